The number of amides is 2. The predicted octanol–water partition coefficient (Wildman–Crippen LogP) is 3.27. The lowest BCUT2D eigenvalue weighted by Gasteiger charge is -2.31. The first kappa shape index (κ1) is 16.1. The van der Waals surface area contributed by atoms with Gasteiger partial charge in [0.25, 0.3) is 10.0 Å². The summed E-state index contributed by atoms with van der Waals surface area (Å²) < 4.78 is 26.5. The number of carbonyl (C=O) groups excluding carboxylic acids is 1. The molecule has 0 N–H and O–H groups in total. The average Bonchev–Trinajstić information content (AvgIpc) is 2.84. The Morgan fingerprint density at radius 2 is 1.70 bits per heavy atom. The highest BCUT2D eigenvalue weighted by Crippen LogP contribution is 2.32. The predicted molar refractivity (Wildman–Crippen MR) is 88.3 cm³/mol. The Hall–Kier alpha value is -1.82. The fourth-order valence-electron chi connectivity index (χ4n) is 3.34. The second-order valence-electron chi connectivity index (χ2n) is 6.34. The van der Waals surface area contributed by atoms with Gasteiger partial charge in [-0.1, -0.05) is 43.5 Å². The molecule has 2 fully saturated rings. The van der Waals surface area contributed by atoms with Crippen LogP contribution in [0.25, 0.3) is 0 Å². The minimum absolute atomic E-state index is 0.0472. The van der Waals surface area contributed by atoms with E-state index in [-0.39, 0.29) is 17.5 Å². The van der Waals surface area contributed by atoms with Crippen molar-refractivity contribution >= 4 is 16.1 Å². The zero-order chi connectivity index (χ0) is 16.6. The van der Waals surface area contributed by atoms with Crippen LogP contribution in [0.4, 0.5) is 4.79 Å². The smallest absolute Gasteiger partial charge is 0.293 e. The standard InChI is InChI=1S/C17H22N2O3S/c1-13-8-10-16(11-9-13)23(21,22)18-12-14(2)19(17(18)20)15-6-4-3-5-7-15/h8-11,15H,2-7,12H2,1H3. The van der Waals surface area contributed by atoms with Crippen molar-refractivity contribution in [3.8, 4) is 0 Å². The van der Waals surface area contributed by atoms with Gasteiger partial charge in [-0.15, -0.1) is 0 Å². The largest absolute Gasteiger partial charge is 0.338 e. The van der Waals surface area contributed by atoms with Crippen LogP contribution in [0, 0.1) is 6.92 Å². The topological polar surface area (TPSA) is 57.7 Å². The second kappa shape index (κ2) is 6.00. The Bertz CT molecular complexity index is 719. The summed E-state index contributed by atoms with van der Waals surface area (Å²) in [5, 5.41) is 0. The van der Waals surface area contributed by atoms with Gasteiger partial charge < -0.3 is 0 Å². The molecule has 0 radical (unpaired) electrons. The van der Waals surface area contributed by atoms with E-state index >= 15 is 0 Å². The number of benzene rings is 1. The van der Waals surface area contributed by atoms with Crippen LogP contribution in [0.3, 0.4) is 0 Å². The maximum Gasteiger partial charge on any atom is 0.338 e. The van der Waals surface area contributed by atoms with E-state index in [4.69, 9.17) is 0 Å². The van der Waals surface area contributed by atoms with Crippen molar-refractivity contribution < 1.29 is 13.2 Å². The molecule has 1 aromatic carbocycles. The highest BCUT2D eigenvalue weighted by Gasteiger charge is 2.43. The second-order valence-corrected chi connectivity index (χ2v) is 8.20. The molecule has 1 aliphatic heterocycles. The van der Waals surface area contributed by atoms with Crippen LogP contribution in [-0.2, 0) is 10.0 Å². The van der Waals surface area contributed by atoms with E-state index in [1.807, 2.05) is 6.92 Å². The SMILES string of the molecule is C=C1CN(S(=O)(=O)c2ccc(C)cc2)C(=O)N1C1CCCCC1. The first-order valence-electron chi connectivity index (χ1n) is 8.01. The van der Waals surface area contributed by atoms with Crippen molar-refractivity contribution in [3.63, 3.8) is 0 Å². The summed E-state index contributed by atoms with van der Waals surface area (Å²) in [7, 11) is -3.83. The number of carbonyl (C=O) groups is 1. The van der Waals surface area contributed by atoms with Gasteiger partial charge >= 0.3 is 6.03 Å². The van der Waals surface area contributed by atoms with Crippen molar-refractivity contribution in [2.24, 2.45) is 0 Å². The molecule has 124 valence electrons. The average molecular weight is 334 g/mol. The summed E-state index contributed by atoms with van der Waals surface area (Å²) in [5.41, 5.74) is 1.56. The van der Waals surface area contributed by atoms with Gasteiger partial charge in [0.1, 0.15) is 0 Å². The summed E-state index contributed by atoms with van der Waals surface area (Å²) in [6.07, 6.45) is 5.17. The Labute approximate surface area is 137 Å². The van der Waals surface area contributed by atoms with Gasteiger partial charge in [-0.25, -0.2) is 17.5 Å². The molecule has 2 aliphatic rings. The zero-order valence-electron chi connectivity index (χ0n) is 13.4. The monoisotopic (exact) mass is 334 g/mol. The van der Waals surface area contributed by atoms with E-state index in [0.29, 0.717) is 5.70 Å². The molecule has 0 atom stereocenters. The number of urea groups is 1. The molecular weight excluding hydrogens is 312 g/mol. The highest BCUT2D eigenvalue weighted by molar-refractivity contribution is 7.89. The molecule has 3 rings (SSSR count). The Balaban J connectivity index is 1.87. The Morgan fingerprint density at radius 1 is 1.09 bits per heavy atom. The molecule has 2 amide bonds. The quantitative estimate of drug-likeness (QED) is 0.852. The van der Waals surface area contributed by atoms with E-state index in [2.05, 4.69) is 6.58 Å². The number of rotatable bonds is 3. The summed E-state index contributed by atoms with van der Waals surface area (Å²) in [4.78, 5) is 14.5. The van der Waals surface area contributed by atoms with Crippen molar-refractivity contribution in [1.82, 2.24) is 9.21 Å². The van der Waals surface area contributed by atoms with E-state index < -0.39 is 16.1 Å². The lowest BCUT2D eigenvalue weighted by molar-refractivity contribution is 0.184. The van der Waals surface area contributed by atoms with E-state index in [1.54, 1.807) is 29.2 Å². The summed E-state index contributed by atoms with van der Waals surface area (Å²) in [5.74, 6) is 0. The van der Waals surface area contributed by atoms with Gasteiger partial charge in [0.15, 0.2) is 0 Å². The fourth-order valence-corrected chi connectivity index (χ4v) is 4.69. The van der Waals surface area contributed by atoms with Crippen LogP contribution in [0.2, 0.25) is 0 Å². The zero-order valence-corrected chi connectivity index (χ0v) is 14.2. The van der Waals surface area contributed by atoms with Gasteiger partial charge in [-0.2, -0.15) is 0 Å². The fraction of sp³-hybridized carbons (Fsp3) is 0.471. The molecule has 23 heavy (non-hydrogen) atoms. The maximum absolute atomic E-state index is 12.8. The van der Waals surface area contributed by atoms with Crippen molar-refractivity contribution in [3.05, 3.63) is 42.1 Å². The molecular formula is C17H22N2O3S. The minimum atomic E-state index is -3.83. The van der Waals surface area contributed by atoms with Crippen molar-refractivity contribution in [2.75, 3.05) is 6.54 Å². The molecule has 1 saturated carbocycles. The van der Waals surface area contributed by atoms with Crippen LogP contribution >= 0.6 is 0 Å². The van der Waals surface area contributed by atoms with E-state index in [0.717, 1.165) is 35.6 Å². The third-order valence-corrected chi connectivity index (χ3v) is 6.37. The van der Waals surface area contributed by atoms with Gasteiger partial charge in [0.05, 0.1) is 11.4 Å². The molecule has 1 saturated heterocycles. The van der Waals surface area contributed by atoms with Gasteiger partial charge in [0, 0.05) is 11.7 Å². The maximum atomic E-state index is 12.8. The highest BCUT2D eigenvalue weighted by atomic mass is 32.2. The van der Waals surface area contributed by atoms with Crippen LogP contribution in [0.5, 0.6) is 0 Å². The number of aryl methyl sites for hydroxylation is 1. The Morgan fingerprint density at radius 3 is 2.30 bits per heavy atom. The number of hydrogen-bond acceptors (Lipinski definition) is 3. The van der Waals surface area contributed by atoms with E-state index in [9.17, 15) is 13.2 Å². The van der Waals surface area contributed by atoms with Crippen LogP contribution in [-0.4, -0.2) is 36.2 Å². The van der Waals surface area contributed by atoms with Crippen LogP contribution < -0.4 is 0 Å². The number of hydrogen-bond donors (Lipinski definition) is 0. The van der Waals surface area contributed by atoms with Gasteiger partial charge in [-0.3, -0.25) is 4.90 Å². The summed E-state index contributed by atoms with van der Waals surface area (Å²) in [6.45, 7) is 5.87. The van der Waals surface area contributed by atoms with Gasteiger partial charge in [0.2, 0.25) is 0 Å². The molecule has 1 heterocycles. The summed E-state index contributed by atoms with van der Waals surface area (Å²) >= 11 is 0. The van der Waals surface area contributed by atoms with Crippen molar-refractivity contribution in [2.45, 2.75) is 50.0 Å². The van der Waals surface area contributed by atoms with Crippen LogP contribution in [0.15, 0.2) is 41.4 Å². The molecule has 1 aliphatic carbocycles. The molecule has 0 bridgehead atoms. The first-order chi connectivity index (χ1) is 10.9. The van der Waals surface area contributed by atoms with Crippen molar-refractivity contribution in [1.29, 1.82) is 0 Å². The van der Waals surface area contributed by atoms with E-state index in [1.165, 1.54) is 6.42 Å². The number of nitrogens with zero attached hydrogens (tertiary/aromatic N) is 2. The number of sulfonamides is 1. The lowest BCUT2D eigenvalue weighted by Crippen LogP contribution is -2.41. The van der Waals surface area contributed by atoms with Gasteiger partial charge in [-0.05, 0) is 31.9 Å². The first-order valence-corrected chi connectivity index (χ1v) is 9.45. The third kappa shape index (κ3) is 2.87. The van der Waals surface area contributed by atoms with Crippen LogP contribution in [0.1, 0.15) is 37.7 Å². The normalized spacial score (nSPS) is 20.4. The lowest BCUT2D eigenvalue weighted by atomic mass is 9.94. The molecule has 0 unspecified atom stereocenters. The Kier molecular flexibility index (Phi) is 4.19. The molecule has 6 heteroatoms. The molecule has 0 aromatic heterocycles. The summed E-state index contributed by atoms with van der Waals surface area (Å²) in [6, 6.07) is 6.19. The third-order valence-electron chi connectivity index (χ3n) is 4.64. The molecule has 1 aromatic rings. The molecule has 5 nitrogen and oxygen atoms in total. The minimum Gasteiger partial charge on any atom is -0.293 e. The molecule has 0 spiro atoms.